The third-order valence-electron chi connectivity index (χ3n) is 3.78. The molecule has 0 saturated carbocycles. The number of nitrogens with zero attached hydrogens (tertiary/aromatic N) is 1. The molecule has 0 unspecified atom stereocenters. The number of nitrogens with one attached hydrogen (secondary N) is 2. The minimum atomic E-state index is -0.156. The molecule has 0 saturated heterocycles. The number of hydrogen-bond acceptors (Lipinski definition) is 3. The lowest BCUT2D eigenvalue weighted by Crippen LogP contribution is -2.21. The number of carbonyl (C=O) groups excluding carboxylic acids is 2. The number of carbonyl (C=O) groups is 2. The Kier molecular flexibility index (Phi) is 5.69. The van der Waals surface area contributed by atoms with Crippen LogP contribution in [-0.4, -0.2) is 17.5 Å². The number of benzene rings is 1. The van der Waals surface area contributed by atoms with Crippen LogP contribution in [0.25, 0.3) is 0 Å². The molecule has 0 heterocycles. The molecule has 2 N–H and O–H groups in total. The molecule has 1 aromatic rings. The fourth-order valence-electron chi connectivity index (χ4n) is 2.60. The van der Waals surface area contributed by atoms with Gasteiger partial charge in [-0.2, -0.15) is 5.10 Å². The summed E-state index contributed by atoms with van der Waals surface area (Å²) in [7, 11) is 0. The van der Waals surface area contributed by atoms with Gasteiger partial charge in [-0.1, -0.05) is 19.1 Å². The van der Waals surface area contributed by atoms with Crippen LogP contribution in [0.5, 0.6) is 0 Å². The Morgan fingerprint density at radius 3 is 2.73 bits per heavy atom. The van der Waals surface area contributed by atoms with E-state index in [4.69, 9.17) is 0 Å². The van der Waals surface area contributed by atoms with E-state index in [0.717, 1.165) is 18.5 Å². The summed E-state index contributed by atoms with van der Waals surface area (Å²) in [5.74, 6) is -0.261. The molecule has 1 aromatic carbocycles. The molecule has 1 aliphatic carbocycles. The number of amides is 2. The van der Waals surface area contributed by atoms with Crippen LogP contribution in [0.4, 0.5) is 5.69 Å². The lowest BCUT2D eigenvalue weighted by molar-refractivity contribution is -0.121. The molecule has 0 fully saturated rings. The van der Waals surface area contributed by atoms with E-state index in [0.29, 0.717) is 12.1 Å². The number of hydrazone groups is 1. The fourth-order valence-corrected chi connectivity index (χ4v) is 2.60. The van der Waals surface area contributed by atoms with E-state index < -0.39 is 0 Å². The van der Waals surface area contributed by atoms with Crippen molar-refractivity contribution < 1.29 is 9.59 Å². The summed E-state index contributed by atoms with van der Waals surface area (Å²) in [6.07, 6.45) is 5.04. The summed E-state index contributed by atoms with van der Waals surface area (Å²) >= 11 is 0. The van der Waals surface area contributed by atoms with Crippen molar-refractivity contribution >= 4 is 23.2 Å². The Morgan fingerprint density at radius 1 is 1.18 bits per heavy atom. The topological polar surface area (TPSA) is 70.6 Å². The molecule has 0 aliphatic heterocycles. The van der Waals surface area contributed by atoms with Gasteiger partial charge >= 0.3 is 0 Å². The number of aryl methyl sites for hydroxylation is 1. The summed E-state index contributed by atoms with van der Waals surface area (Å²) in [5, 5.41) is 6.89. The Balaban J connectivity index is 1.96. The summed E-state index contributed by atoms with van der Waals surface area (Å²) in [4.78, 5) is 23.3. The predicted octanol–water partition coefficient (Wildman–Crippen LogP) is 2.80. The van der Waals surface area contributed by atoms with Gasteiger partial charge in [0.15, 0.2) is 0 Å². The van der Waals surface area contributed by atoms with E-state index in [1.807, 2.05) is 12.1 Å². The zero-order valence-electron chi connectivity index (χ0n) is 13.2. The maximum Gasteiger partial charge on any atom is 0.239 e. The molecular weight excluding hydrogens is 278 g/mol. The molecule has 0 aromatic heterocycles. The van der Waals surface area contributed by atoms with Gasteiger partial charge in [0, 0.05) is 17.8 Å². The van der Waals surface area contributed by atoms with E-state index in [-0.39, 0.29) is 18.2 Å². The van der Waals surface area contributed by atoms with E-state index >= 15 is 0 Å². The Bertz CT molecular complexity index is 594. The van der Waals surface area contributed by atoms with Crippen molar-refractivity contribution in [1.29, 1.82) is 0 Å². The van der Waals surface area contributed by atoms with E-state index in [2.05, 4.69) is 21.9 Å². The van der Waals surface area contributed by atoms with Gasteiger partial charge in [-0.3, -0.25) is 9.59 Å². The summed E-state index contributed by atoms with van der Waals surface area (Å²) in [6, 6.07) is 6.08. The molecule has 1 aliphatic rings. The zero-order valence-corrected chi connectivity index (χ0v) is 13.2. The van der Waals surface area contributed by atoms with Gasteiger partial charge in [-0.05, 0) is 49.8 Å². The molecule has 5 heteroatoms. The highest BCUT2D eigenvalue weighted by molar-refractivity contribution is 6.06. The number of rotatable bonds is 5. The molecule has 0 atom stereocenters. The lowest BCUT2D eigenvalue weighted by atomic mass is 9.90. The highest BCUT2D eigenvalue weighted by Crippen LogP contribution is 2.27. The number of hydrogen-bond donors (Lipinski definition) is 2. The normalized spacial score (nSPS) is 14.2. The minimum absolute atomic E-state index is 0.106. The van der Waals surface area contributed by atoms with Crippen molar-refractivity contribution in [3.8, 4) is 0 Å². The predicted molar refractivity (Wildman–Crippen MR) is 87.9 cm³/mol. The van der Waals surface area contributed by atoms with Crippen LogP contribution in [0, 0.1) is 0 Å². The molecule has 0 bridgehead atoms. The Morgan fingerprint density at radius 2 is 1.95 bits per heavy atom. The van der Waals surface area contributed by atoms with E-state index in [1.165, 1.54) is 24.0 Å². The molecule has 5 nitrogen and oxygen atoms in total. The SMILES string of the molecule is CCC(=O)N/N=C(/C)CC(=O)Nc1cccc2c1CCCC2. The smallest absolute Gasteiger partial charge is 0.239 e. The van der Waals surface area contributed by atoms with Gasteiger partial charge in [0.05, 0.1) is 6.42 Å². The highest BCUT2D eigenvalue weighted by Gasteiger charge is 2.14. The standard InChI is InChI=1S/C17H23N3O2/c1-3-16(21)20-19-12(2)11-17(22)18-15-10-6-8-13-7-4-5-9-14(13)15/h6,8,10H,3-5,7,9,11H2,1-2H3,(H,18,22)(H,20,21)/b19-12-. The van der Waals surface area contributed by atoms with Crippen LogP contribution >= 0.6 is 0 Å². The third-order valence-corrected chi connectivity index (χ3v) is 3.78. The van der Waals surface area contributed by atoms with E-state index in [1.54, 1.807) is 13.8 Å². The summed E-state index contributed by atoms with van der Waals surface area (Å²) in [6.45, 7) is 3.49. The first-order valence-corrected chi connectivity index (χ1v) is 7.82. The average Bonchev–Trinajstić information content (AvgIpc) is 2.53. The molecular formula is C17H23N3O2. The van der Waals surface area contributed by atoms with Crippen molar-refractivity contribution in [1.82, 2.24) is 5.43 Å². The fraction of sp³-hybridized carbons (Fsp3) is 0.471. The molecule has 0 radical (unpaired) electrons. The van der Waals surface area contributed by atoms with Crippen molar-refractivity contribution in [2.75, 3.05) is 5.32 Å². The van der Waals surface area contributed by atoms with Gasteiger partial charge in [0.2, 0.25) is 11.8 Å². The average molecular weight is 301 g/mol. The quantitative estimate of drug-likeness (QED) is 0.648. The van der Waals surface area contributed by atoms with Gasteiger partial charge in [0.1, 0.15) is 0 Å². The second-order valence-electron chi connectivity index (χ2n) is 5.61. The first kappa shape index (κ1) is 16.2. The molecule has 2 amide bonds. The van der Waals surface area contributed by atoms with Crippen LogP contribution in [-0.2, 0) is 22.4 Å². The van der Waals surface area contributed by atoms with E-state index in [9.17, 15) is 9.59 Å². The van der Waals surface area contributed by atoms with Gasteiger partial charge in [-0.15, -0.1) is 0 Å². The second kappa shape index (κ2) is 7.73. The summed E-state index contributed by atoms with van der Waals surface area (Å²) < 4.78 is 0. The van der Waals surface area contributed by atoms with Crippen LogP contribution < -0.4 is 10.7 Å². The first-order valence-electron chi connectivity index (χ1n) is 7.82. The van der Waals surface area contributed by atoms with Crippen molar-refractivity contribution in [3.05, 3.63) is 29.3 Å². The zero-order chi connectivity index (χ0) is 15.9. The number of anilines is 1. The monoisotopic (exact) mass is 301 g/mol. The molecule has 2 rings (SSSR count). The maximum atomic E-state index is 12.1. The lowest BCUT2D eigenvalue weighted by Gasteiger charge is -2.19. The molecule has 22 heavy (non-hydrogen) atoms. The number of fused-ring (bicyclic) bond motifs is 1. The maximum absolute atomic E-state index is 12.1. The highest BCUT2D eigenvalue weighted by atomic mass is 16.2. The van der Waals surface area contributed by atoms with Crippen LogP contribution in [0.15, 0.2) is 23.3 Å². The largest absolute Gasteiger partial charge is 0.325 e. The summed E-state index contributed by atoms with van der Waals surface area (Å²) in [5.41, 5.74) is 6.52. The third kappa shape index (κ3) is 4.41. The Labute approximate surface area is 131 Å². The van der Waals surface area contributed by atoms with Gasteiger partial charge < -0.3 is 5.32 Å². The Hall–Kier alpha value is -2.17. The van der Waals surface area contributed by atoms with Gasteiger partial charge in [-0.25, -0.2) is 5.43 Å². The minimum Gasteiger partial charge on any atom is -0.325 e. The molecule has 118 valence electrons. The van der Waals surface area contributed by atoms with Crippen LogP contribution in [0.3, 0.4) is 0 Å². The second-order valence-corrected chi connectivity index (χ2v) is 5.61. The van der Waals surface area contributed by atoms with Crippen molar-refractivity contribution in [2.45, 2.75) is 52.4 Å². The first-order chi connectivity index (χ1) is 10.6. The van der Waals surface area contributed by atoms with Crippen molar-refractivity contribution in [3.63, 3.8) is 0 Å². The molecule has 0 spiro atoms. The van der Waals surface area contributed by atoms with Gasteiger partial charge in [0.25, 0.3) is 0 Å². The van der Waals surface area contributed by atoms with Crippen LogP contribution in [0.1, 0.15) is 50.7 Å². The van der Waals surface area contributed by atoms with Crippen LogP contribution in [0.2, 0.25) is 0 Å². The van der Waals surface area contributed by atoms with Crippen molar-refractivity contribution in [2.24, 2.45) is 5.10 Å².